The summed E-state index contributed by atoms with van der Waals surface area (Å²) < 4.78 is 4.69. The van der Waals surface area contributed by atoms with Crippen LogP contribution in [0.3, 0.4) is 0 Å². The maximum absolute atomic E-state index is 9.77. The van der Waals surface area contributed by atoms with Gasteiger partial charge in [0.05, 0.1) is 4.43 Å². The molecule has 12 heavy (non-hydrogen) atoms. The van der Waals surface area contributed by atoms with Crippen molar-refractivity contribution in [1.82, 2.24) is 0 Å². The number of hydrogen-bond donors (Lipinski definition) is 1. The first kappa shape index (κ1) is 11.6. The zero-order valence-corrected chi connectivity index (χ0v) is 9.13. The molecule has 0 aromatic heterocycles. The lowest BCUT2D eigenvalue weighted by atomic mass is 10.5. The van der Waals surface area contributed by atoms with Crippen molar-refractivity contribution in [3.05, 3.63) is 0 Å². The van der Waals surface area contributed by atoms with E-state index < -0.39 is 6.09 Å². The molecule has 1 aliphatic rings. The normalized spacial score (nSPS) is 13.2. The van der Waals surface area contributed by atoms with Crippen LogP contribution in [0.15, 0.2) is 0 Å². The third-order valence-corrected chi connectivity index (χ3v) is 1.54. The van der Waals surface area contributed by atoms with E-state index in [4.69, 9.17) is 0 Å². The summed E-state index contributed by atoms with van der Waals surface area (Å²) >= 11 is 2.03. The van der Waals surface area contributed by atoms with Gasteiger partial charge in [-0.1, -0.05) is 42.4 Å². The summed E-state index contributed by atoms with van der Waals surface area (Å²) in [6.45, 7) is 2.28. The van der Waals surface area contributed by atoms with Crippen molar-refractivity contribution >= 4 is 28.7 Å². The third-order valence-electron chi connectivity index (χ3n) is 1.16. The number of primary amides is 1. The van der Waals surface area contributed by atoms with Gasteiger partial charge >= 0.3 is 6.09 Å². The molecule has 0 aromatic rings. The van der Waals surface area contributed by atoms with Crippen LogP contribution in [-0.4, -0.2) is 10.5 Å². The Labute approximate surface area is 86.2 Å². The zero-order chi connectivity index (χ0) is 9.40. The fourth-order valence-corrected chi connectivity index (χ4v) is 0.436. The number of carbonyl (C=O) groups is 1. The Morgan fingerprint density at radius 3 is 2.50 bits per heavy atom. The Morgan fingerprint density at radius 2 is 2.25 bits per heavy atom. The van der Waals surface area contributed by atoms with Crippen LogP contribution in [0.4, 0.5) is 4.79 Å². The van der Waals surface area contributed by atoms with Gasteiger partial charge in [-0.3, -0.25) is 0 Å². The van der Waals surface area contributed by atoms with E-state index >= 15 is 0 Å². The number of hydrogen-bond acceptors (Lipinski definition) is 2. The van der Waals surface area contributed by atoms with Gasteiger partial charge in [0, 0.05) is 0 Å². The highest BCUT2D eigenvalue weighted by Crippen LogP contribution is 2.26. The van der Waals surface area contributed by atoms with E-state index in [0.717, 1.165) is 5.92 Å². The molecule has 1 saturated carbocycles. The van der Waals surface area contributed by atoms with Crippen LogP contribution >= 0.6 is 22.6 Å². The van der Waals surface area contributed by atoms with E-state index in [1.165, 1.54) is 12.8 Å². The molecule has 1 amide bonds. The van der Waals surface area contributed by atoms with E-state index in [-0.39, 0.29) is 0 Å². The van der Waals surface area contributed by atoms with Gasteiger partial charge in [0.25, 0.3) is 0 Å². The summed E-state index contributed by atoms with van der Waals surface area (Å²) in [4.78, 5) is 9.77. The van der Waals surface area contributed by atoms with E-state index in [0.29, 0.717) is 4.43 Å². The molecular weight excluding hydrogens is 269 g/mol. The number of halogens is 1. The van der Waals surface area contributed by atoms with E-state index in [1.807, 2.05) is 22.6 Å². The molecule has 2 N–H and O–H groups in total. The second-order valence-corrected chi connectivity index (χ2v) is 3.28. The summed E-state index contributed by atoms with van der Waals surface area (Å²) in [5.41, 5.74) is 4.57. The van der Waals surface area contributed by atoms with Crippen molar-refractivity contribution in [2.75, 3.05) is 4.43 Å². The number of nitrogens with two attached hydrogens (primary N) is 1. The van der Waals surface area contributed by atoms with Gasteiger partial charge in [0.15, 0.2) is 0 Å². The van der Waals surface area contributed by atoms with Gasteiger partial charge in [-0.15, -0.1) is 0 Å². The molecule has 0 radical (unpaired) electrons. The molecule has 0 saturated heterocycles. The fraction of sp³-hybridized carbons (Fsp3) is 0.625. The van der Waals surface area contributed by atoms with E-state index in [2.05, 4.69) is 29.4 Å². The minimum absolute atomic E-state index is 0.630. The second-order valence-electron chi connectivity index (χ2n) is 2.52. The van der Waals surface area contributed by atoms with Crippen molar-refractivity contribution in [1.29, 1.82) is 0 Å². The molecule has 0 spiro atoms. The summed E-state index contributed by atoms with van der Waals surface area (Å²) in [5.74, 6) is 3.58. The highest BCUT2D eigenvalue weighted by atomic mass is 127. The third kappa shape index (κ3) is 12.3. The number of amides is 1. The molecule has 68 valence electrons. The summed E-state index contributed by atoms with van der Waals surface area (Å²) in [7, 11) is 0. The van der Waals surface area contributed by atoms with Crippen LogP contribution in [0.5, 0.6) is 0 Å². The summed E-state index contributed by atoms with van der Waals surface area (Å²) in [6, 6.07) is 0. The minimum atomic E-state index is -0.859. The van der Waals surface area contributed by atoms with Crippen LogP contribution in [0.1, 0.15) is 19.8 Å². The minimum Gasteiger partial charge on any atom is -0.356 e. The Balaban J connectivity index is 0.000000247. The van der Waals surface area contributed by atoms with Crippen molar-refractivity contribution in [3.63, 3.8) is 0 Å². The van der Waals surface area contributed by atoms with Crippen molar-refractivity contribution in [2.45, 2.75) is 19.8 Å². The molecular formula is C8H12INO2. The van der Waals surface area contributed by atoms with Gasteiger partial charge in [-0.25, -0.2) is 4.79 Å². The van der Waals surface area contributed by atoms with Gasteiger partial charge in [0.2, 0.25) is 0 Å². The molecule has 0 unspecified atom stereocenters. The van der Waals surface area contributed by atoms with Crippen molar-refractivity contribution < 1.29 is 9.53 Å². The van der Waals surface area contributed by atoms with Crippen LogP contribution in [-0.2, 0) is 4.74 Å². The standard InChI is InChI=1S/C4H4INO2.C4H8/c5-2-1-3-8-4(6)7;1-4-2-3-4/h2H2,(H2,6,7);4H,2-3H2,1H3. The average Bonchev–Trinajstić information content (AvgIpc) is 2.73. The van der Waals surface area contributed by atoms with Gasteiger partial charge in [0.1, 0.15) is 6.11 Å². The van der Waals surface area contributed by atoms with Crippen LogP contribution in [0, 0.1) is 17.9 Å². The number of rotatable bonds is 0. The number of carbonyl (C=O) groups excluding carboxylic acids is 1. The predicted molar refractivity (Wildman–Crippen MR) is 55.7 cm³/mol. The second kappa shape index (κ2) is 7.22. The molecule has 3 nitrogen and oxygen atoms in total. The topological polar surface area (TPSA) is 52.3 Å². The first-order valence-corrected chi connectivity index (χ1v) is 5.19. The fourth-order valence-electron chi connectivity index (χ4n) is 0.280. The average molecular weight is 281 g/mol. The lowest BCUT2D eigenvalue weighted by molar-refractivity contribution is 0.202. The maximum Gasteiger partial charge on any atom is 0.418 e. The van der Waals surface area contributed by atoms with Gasteiger partial charge < -0.3 is 10.5 Å². The molecule has 0 heterocycles. The molecule has 1 fully saturated rings. The smallest absolute Gasteiger partial charge is 0.356 e. The predicted octanol–water partition coefficient (Wildman–Crippen LogP) is 1.89. The molecule has 0 aromatic carbocycles. The first-order chi connectivity index (χ1) is 5.66. The van der Waals surface area contributed by atoms with Crippen LogP contribution < -0.4 is 5.73 Å². The highest BCUT2D eigenvalue weighted by molar-refractivity contribution is 14.1. The molecule has 0 bridgehead atoms. The van der Waals surface area contributed by atoms with Crippen molar-refractivity contribution in [3.8, 4) is 12.0 Å². The maximum atomic E-state index is 9.77. The van der Waals surface area contributed by atoms with Crippen molar-refractivity contribution in [2.24, 2.45) is 11.7 Å². The molecule has 1 rings (SSSR count). The Bertz CT molecular complexity index is 191. The Hall–Kier alpha value is -0.440. The van der Waals surface area contributed by atoms with Gasteiger partial charge in [-0.05, 0) is 11.8 Å². The largest absolute Gasteiger partial charge is 0.418 e. The SMILES string of the molecule is CC1CC1.NC(=O)OC#CCI. The molecule has 1 aliphatic carbocycles. The van der Waals surface area contributed by atoms with Crippen LogP contribution in [0.25, 0.3) is 0 Å². The van der Waals surface area contributed by atoms with E-state index in [9.17, 15) is 4.79 Å². The lowest BCUT2D eigenvalue weighted by Gasteiger charge is -1.80. The quantitative estimate of drug-likeness (QED) is 0.419. The number of alkyl halides is 1. The Kier molecular flexibility index (Phi) is 6.96. The zero-order valence-electron chi connectivity index (χ0n) is 6.97. The molecule has 0 atom stereocenters. The molecule has 0 aliphatic heterocycles. The highest BCUT2D eigenvalue weighted by Gasteiger charge is 2.12. The summed E-state index contributed by atoms with van der Waals surface area (Å²) in [5, 5.41) is 0. The van der Waals surface area contributed by atoms with Crippen LogP contribution in [0.2, 0.25) is 0 Å². The number of ether oxygens (including phenoxy) is 1. The molecule has 4 heteroatoms. The monoisotopic (exact) mass is 281 g/mol. The van der Waals surface area contributed by atoms with Gasteiger partial charge in [-0.2, -0.15) is 0 Å². The lowest BCUT2D eigenvalue weighted by Crippen LogP contribution is -2.09. The van der Waals surface area contributed by atoms with E-state index in [1.54, 1.807) is 0 Å². The Morgan fingerprint density at radius 1 is 1.75 bits per heavy atom. The first-order valence-electron chi connectivity index (χ1n) is 3.67. The summed E-state index contributed by atoms with van der Waals surface area (Å²) in [6.07, 6.45) is 4.22.